The fraction of sp³-hybridized carbons (Fsp3) is 0.400. The Balaban J connectivity index is 1.26. The third kappa shape index (κ3) is 4.74. The molecule has 2 aromatic heterocycles. The minimum absolute atomic E-state index is 0.0469. The van der Waals surface area contributed by atoms with Crippen LogP contribution in [0.3, 0.4) is 0 Å². The smallest absolute Gasteiger partial charge is 0.227 e. The van der Waals surface area contributed by atoms with Crippen LogP contribution in [0.4, 0.5) is 11.6 Å². The first kappa shape index (κ1) is 20.8. The number of morpholine rings is 1. The minimum Gasteiger partial charge on any atom is -0.496 e. The third-order valence-electron chi connectivity index (χ3n) is 6.23. The Morgan fingerprint density at radius 3 is 2.66 bits per heavy atom. The second kappa shape index (κ2) is 9.63. The van der Waals surface area contributed by atoms with Crippen LogP contribution < -0.4 is 10.1 Å². The third-order valence-corrected chi connectivity index (χ3v) is 6.23. The van der Waals surface area contributed by atoms with Crippen molar-refractivity contribution in [2.45, 2.75) is 38.3 Å². The van der Waals surface area contributed by atoms with Crippen LogP contribution in [0.25, 0.3) is 0 Å². The molecule has 0 spiro atoms. The minimum atomic E-state index is -0.0469. The molecule has 3 aromatic rings. The molecule has 2 aliphatic rings. The Hall–Kier alpha value is -3.03. The van der Waals surface area contributed by atoms with Crippen molar-refractivity contribution in [3.05, 3.63) is 71.3 Å². The average molecular weight is 432 g/mol. The summed E-state index contributed by atoms with van der Waals surface area (Å²) in [6.45, 7) is 3.27. The van der Waals surface area contributed by atoms with Gasteiger partial charge in [-0.3, -0.25) is 9.88 Å². The maximum atomic E-state index is 6.06. The highest BCUT2D eigenvalue weighted by Gasteiger charge is 2.24. The second-order valence-electron chi connectivity index (χ2n) is 8.40. The van der Waals surface area contributed by atoms with Crippen LogP contribution in [0.15, 0.2) is 48.9 Å². The summed E-state index contributed by atoms with van der Waals surface area (Å²) >= 11 is 0. The fourth-order valence-corrected chi connectivity index (χ4v) is 4.56. The number of ether oxygens (including phenoxy) is 2. The van der Waals surface area contributed by atoms with Gasteiger partial charge in [-0.15, -0.1) is 0 Å². The molecule has 0 saturated carbocycles. The zero-order chi connectivity index (χ0) is 21.8. The topological polar surface area (TPSA) is 72.4 Å². The van der Waals surface area contributed by atoms with Crippen molar-refractivity contribution in [3.63, 3.8) is 0 Å². The van der Waals surface area contributed by atoms with Gasteiger partial charge in [0.05, 0.1) is 31.3 Å². The van der Waals surface area contributed by atoms with Gasteiger partial charge in [0.1, 0.15) is 11.9 Å². The zero-order valence-corrected chi connectivity index (χ0v) is 18.5. The molecule has 0 amide bonds. The van der Waals surface area contributed by atoms with Gasteiger partial charge in [-0.1, -0.05) is 6.07 Å². The summed E-state index contributed by atoms with van der Waals surface area (Å²) < 4.78 is 11.8. The van der Waals surface area contributed by atoms with E-state index in [9.17, 15) is 0 Å². The number of pyridine rings is 1. The predicted molar refractivity (Wildman–Crippen MR) is 123 cm³/mol. The summed E-state index contributed by atoms with van der Waals surface area (Å²) in [7, 11) is 1.77. The number of benzene rings is 1. The molecule has 7 heteroatoms. The zero-order valence-electron chi connectivity index (χ0n) is 18.5. The summed E-state index contributed by atoms with van der Waals surface area (Å²) in [5.41, 5.74) is 6.00. The number of hydrogen-bond donors (Lipinski definition) is 1. The van der Waals surface area contributed by atoms with Crippen molar-refractivity contribution in [3.8, 4) is 5.75 Å². The van der Waals surface area contributed by atoms with E-state index in [4.69, 9.17) is 9.47 Å². The summed E-state index contributed by atoms with van der Waals surface area (Å²) in [6.07, 6.45) is 10.1. The van der Waals surface area contributed by atoms with Gasteiger partial charge in [-0.05, 0) is 61.1 Å². The van der Waals surface area contributed by atoms with Crippen LogP contribution in [0.1, 0.15) is 41.3 Å². The Labute approximate surface area is 188 Å². The lowest BCUT2D eigenvalue weighted by molar-refractivity contribution is -0.0351. The summed E-state index contributed by atoms with van der Waals surface area (Å²) in [4.78, 5) is 15.4. The van der Waals surface area contributed by atoms with E-state index in [2.05, 4.69) is 37.3 Å². The number of nitrogens with zero attached hydrogens (tertiary/aromatic N) is 4. The number of aryl methyl sites for hydroxylation is 2. The van der Waals surface area contributed by atoms with Crippen LogP contribution in [0.2, 0.25) is 0 Å². The molecular weight excluding hydrogens is 402 g/mol. The largest absolute Gasteiger partial charge is 0.496 e. The Kier molecular flexibility index (Phi) is 6.27. The summed E-state index contributed by atoms with van der Waals surface area (Å²) in [5.74, 6) is 1.56. The first-order chi connectivity index (χ1) is 15.8. The Morgan fingerprint density at radius 2 is 1.91 bits per heavy atom. The molecule has 1 N–H and O–H groups in total. The standard InChI is InChI=1S/C25H29N5O2/c1-31-23-14-19-6-3-2-5-18(19)13-20(23)16-30-11-12-32-24(17-30)22-8-7-21(15-28-22)29-25-26-9-4-10-27-25/h4,7-10,13-15,24H,2-3,5-6,11-12,16-17H2,1H3,(H,26,27,29)/t24-/m1/s1. The molecule has 1 saturated heterocycles. The van der Waals surface area contributed by atoms with Gasteiger partial charge in [-0.2, -0.15) is 0 Å². The number of aromatic nitrogens is 3. The van der Waals surface area contributed by atoms with Crippen molar-refractivity contribution in [2.75, 3.05) is 32.1 Å². The molecule has 1 aliphatic carbocycles. The van der Waals surface area contributed by atoms with E-state index in [1.54, 1.807) is 31.8 Å². The predicted octanol–water partition coefficient (Wildman–Crippen LogP) is 4.08. The Morgan fingerprint density at radius 1 is 1.09 bits per heavy atom. The number of methoxy groups -OCH3 is 1. The normalized spacial score (nSPS) is 18.7. The highest BCUT2D eigenvalue weighted by Crippen LogP contribution is 2.31. The second-order valence-corrected chi connectivity index (χ2v) is 8.40. The summed E-state index contributed by atoms with van der Waals surface area (Å²) in [5, 5.41) is 3.16. The number of anilines is 2. The number of fused-ring (bicyclic) bond motifs is 1. The molecule has 166 valence electrons. The van der Waals surface area contributed by atoms with E-state index in [-0.39, 0.29) is 6.10 Å². The van der Waals surface area contributed by atoms with E-state index >= 15 is 0 Å². The van der Waals surface area contributed by atoms with Crippen molar-refractivity contribution in [1.82, 2.24) is 19.9 Å². The molecular formula is C25H29N5O2. The van der Waals surface area contributed by atoms with Gasteiger partial charge in [0.25, 0.3) is 0 Å². The number of rotatable bonds is 6. The molecule has 0 bridgehead atoms. The lowest BCUT2D eigenvalue weighted by atomic mass is 9.90. The molecule has 1 aromatic carbocycles. The van der Waals surface area contributed by atoms with Gasteiger partial charge in [0, 0.05) is 37.6 Å². The first-order valence-corrected chi connectivity index (χ1v) is 11.3. The number of hydrogen-bond acceptors (Lipinski definition) is 7. The monoisotopic (exact) mass is 431 g/mol. The van der Waals surface area contributed by atoms with Crippen molar-refractivity contribution in [2.24, 2.45) is 0 Å². The highest BCUT2D eigenvalue weighted by molar-refractivity contribution is 5.51. The number of nitrogens with one attached hydrogen (secondary N) is 1. The lowest BCUT2D eigenvalue weighted by Gasteiger charge is -2.33. The highest BCUT2D eigenvalue weighted by atomic mass is 16.5. The summed E-state index contributed by atoms with van der Waals surface area (Å²) in [6, 6.07) is 10.4. The lowest BCUT2D eigenvalue weighted by Crippen LogP contribution is -2.38. The van der Waals surface area contributed by atoms with Gasteiger partial charge < -0.3 is 14.8 Å². The Bertz CT molecular complexity index is 1040. The molecule has 1 atom stereocenters. The van der Waals surface area contributed by atoms with Gasteiger partial charge >= 0.3 is 0 Å². The maximum absolute atomic E-state index is 6.06. The van der Waals surface area contributed by atoms with Crippen LogP contribution in [0.5, 0.6) is 5.75 Å². The quantitative estimate of drug-likeness (QED) is 0.631. The first-order valence-electron chi connectivity index (χ1n) is 11.3. The molecule has 1 aliphatic heterocycles. The maximum Gasteiger partial charge on any atom is 0.227 e. The SMILES string of the molecule is COc1cc2c(cc1CN1CCO[C@@H](c3ccc(Nc4ncccn4)cn3)C1)CCCC2. The van der Waals surface area contributed by atoms with Gasteiger partial charge in [0.2, 0.25) is 5.95 Å². The van der Waals surface area contributed by atoms with Gasteiger partial charge in [-0.25, -0.2) is 9.97 Å². The average Bonchev–Trinajstić information content (AvgIpc) is 2.85. The molecule has 3 heterocycles. The van der Waals surface area contributed by atoms with E-state index in [0.29, 0.717) is 12.6 Å². The molecule has 0 unspecified atom stereocenters. The van der Waals surface area contributed by atoms with Crippen molar-refractivity contribution >= 4 is 11.6 Å². The van der Waals surface area contributed by atoms with Crippen LogP contribution in [-0.2, 0) is 24.1 Å². The molecule has 7 nitrogen and oxygen atoms in total. The van der Waals surface area contributed by atoms with Crippen LogP contribution >= 0.6 is 0 Å². The molecule has 32 heavy (non-hydrogen) atoms. The molecule has 1 fully saturated rings. The molecule has 5 rings (SSSR count). The van der Waals surface area contributed by atoms with Crippen molar-refractivity contribution < 1.29 is 9.47 Å². The van der Waals surface area contributed by atoms with Crippen LogP contribution in [0, 0.1) is 0 Å². The van der Waals surface area contributed by atoms with E-state index in [0.717, 1.165) is 36.8 Å². The van der Waals surface area contributed by atoms with E-state index in [1.807, 2.05) is 12.1 Å². The van der Waals surface area contributed by atoms with E-state index < -0.39 is 0 Å². The van der Waals surface area contributed by atoms with E-state index in [1.165, 1.54) is 42.4 Å². The fourth-order valence-electron chi connectivity index (χ4n) is 4.56. The van der Waals surface area contributed by atoms with Gasteiger partial charge in [0.15, 0.2) is 0 Å². The van der Waals surface area contributed by atoms with Crippen molar-refractivity contribution in [1.29, 1.82) is 0 Å². The van der Waals surface area contributed by atoms with Crippen LogP contribution in [-0.4, -0.2) is 46.7 Å². The molecule has 0 radical (unpaired) electrons.